The van der Waals surface area contributed by atoms with Gasteiger partial charge in [0.05, 0.1) is 6.54 Å². The molecule has 0 amide bonds. The highest BCUT2D eigenvalue weighted by Crippen LogP contribution is 2.40. The molecule has 0 unspecified atom stereocenters. The lowest BCUT2D eigenvalue weighted by atomic mass is 10.00. The van der Waals surface area contributed by atoms with Crippen LogP contribution >= 0.6 is 0 Å². The lowest BCUT2D eigenvalue weighted by Gasteiger charge is -2.26. The quantitative estimate of drug-likeness (QED) is 0.216. The molecule has 0 fully saturated rings. The summed E-state index contributed by atoms with van der Waals surface area (Å²) < 4.78 is 6.34. The number of rotatable bonds is 5. The van der Waals surface area contributed by atoms with Crippen molar-refractivity contribution in [3.8, 4) is 22.3 Å². The minimum atomic E-state index is 0.700. The van der Waals surface area contributed by atoms with E-state index >= 15 is 0 Å². The van der Waals surface area contributed by atoms with E-state index in [0.717, 1.165) is 39.4 Å². The number of fused-ring (bicyclic) bond motifs is 5. The molecule has 1 aliphatic rings. The monoisotopic (exact) mass is 590 g/mol. The predicted octanol–water partition coefficient (Wildman–Crippen LogP) is 11.6. The van der Waals surface area contributed by atoms with Crippen molar-refractivity contribution in [1.29, 1.82) is 0 Å². The van der Waals surface area contributed by atoms with E-state index in [1.54, 1.807) is 0 Å². The van der Waals surface area contributed by atoms with Crippen molar-refractivity contribution in [2.45, 2.75) is 6.54 Å². The van der Waals surface area contributed by atoms with Gasteiger partial charge in [-0.1, -0.05) is 97.1 Å². The summed E-state index contributed by atoms with van der Waals surface area (Å²) in [6.07, 6.45) is 4.09. The van der Waals surface area contributed by atoms with Crippen LogP contribution in [0.25, 0.3) is 60.8 Å². The van der Waals surface area contributed by atoms with Crippen molar-refractivity contribution in [2.24, 2.45) is 0 Å². The molecular formula is C43H30N2O. The van der Waals surface area contributed by atoms with E-state index in [-0.39, 0.29) is 0 Å². The molecule has 7 aromatic carbocycles. The number of hydrogen-bond acceptors (Lipinski definition) is 3. The molecule has 0 atom stereocenters. The van der Waals surface area contributed by atoms with Crippen LogP contribution in [-0.4, -0.2) is 0 Å². The van der Waals surface area contributed by atoms with Crippen molar-refractivity contribution in [3.05, 3.63) is 169 Å². The van der Waals surface area contributed by atoms with Gasteiger partial charge in [-0.3, -0.25) is 0 Å². The largest absolute Gasteiger partial charge is 0.458 e. The maximum atomic E-state index is 6.34. The molecule has 46 heavy (non-hydrogen) atoms. The van der Waals surface area contributed by atoms with Gasteiger partial charge in [0.1, 0.15) is 11.3 Å². The van der Waals surface area contributed by atoms with Crippen molar-refractivity contribution in [2.75, 3.05) is 4.90 Å². The maximum Gasteiger partial charge on any atom is 0.137 e. The average Bonchev–Trinajstić information content (AvgIpc) is 3.50. The lowest BCUT2D eigenvalue weighted by molar-refractivity contribution is 0.532. The van der Waals surface area contributed by atoms with Crippen LogP contribution in [0.1, 0.15) is 11.3 Å². The highest BCUT2D eigenvalue weighted by atomic mass is 16.3. The number of furan rings is 1. The van der Waals surface area contributed by atoms with E-state index < -0.39 is 0 Å². The number of nitrogens with one attached hydrogen (secondary N) is 1. The van der Waals surface area contributed by atoms with E-state index in [1.165, 1.54) is 43.8 Å². The number of nitrogens with zero attached hydrogens (tertiary/aromatic N) is 1. The summed E-state index contributed by atoms with van der Waals surface area (Å²) in [5, 5.41) is 9.40. The van der Waals surface area contributed by atoms with Gasteiger partial charge in [0, 0.05) is 34.1 Å². The molecule has 1 aliphatic heterocycles. The Bertz CT molecular complexity index is 2290. The van der Waals surface area contributed by atoms with Gasteiger partial charge in [0.2, 0.25) is 0 Å². The van der Waals surface area contributed by atoms with Gasteiger partial charge in [0.25, 0.3) is 0 Å². The first kappa shape index (κ1) is 26.4. The van der Waals surface area contributed by atoms with Gasteiger partial charge in [-0.2, -0.15) is 0 Å². The maximum absolute atomic E-state index is 6.34. The van der Waals surface area contributed by atoms with Gasteiger partial charge >= 0.3 is 0 Å². The smallest absolute Gasteiger partial charge is 0.137 e. The molecule has 0 spiro atoms. The SMILES string of the molecule is C1=Cc2c(oc3cc(N(c4ccc(-c5ccc6ccccc6c5)cc4)c4ccc(-c5ccc6ccccc6c5)cc4)ccc23)CN1. The Balaban J connectivity index is 1.12. The number of hydrogen-bond donors (Lipinski definition) is 1. The fraction of sp³-hybridized carbons (Fsp3) is 0.0233. The molecule has 0 radical (unpaired) electrons. The van der Waals surface area contributed by atoms with Gasteiger partial charge in [-0.15, -0.1) is 0 Å². The molecular weight excluding hydrogens is 560 g/mol. The molecule has 2 heterocycles. The topological polar surface area (TPSA) is 28.4 Å². The average molecular weight is 591 g/mol. The zero-order valence-corrected chi connectivity index (χ0v) is 25.2. The van der Waals surface area contributed by atoms with E-state index in [0.29, 0.717) is 6.54 Å². The predicted molar refractivity (Wildman–Crippen MR) is 193 cm³/mol. The van der Waals surface area contributed by atoms with Gasteiger partial charge in [-0.05, 0) is 105 Å². The fourth-order valence-electron chi connectivity index (χ4n) is 6.69. The molecule has 1 N–H and O–H groups in total. The van der Waals surface area contributed by atoms with Crippen LogP contribution < -0.4 is 10.2 Å². The second kappa shape index (κ2) is 10.8. The van der Waals surface area contributed by atoms with Crippen molar-refractivity contribution in [1.82, 2.24) is 5.32 Å². The third kappa shape index (κ3) is 4.61. The van der Waals surface area contributed by atoms with Crippen LogP contribution in [0.5, 0.6) is 0 Å². The Morgan fingerprint density at radius 2 is 1.00 bits per heavy atom. The van der Waals surface area contributed by atoms with Crippen molar-refractivity contribution < 1.29 is 4.42 Å². The summed E-state index contributed by atoms with van der Waals surface area (Å²) in [6, 6.07) is 54.6. The molecule has 3 heteroatoms. The second-order valence-electron chi connectivity index (χ2n) is 11.9. The molecule has 0 aliphatic carbocycles. The summed E-state index contributed by atoms with van der Waals surface area (Å²) in [5.74, 6) is 0.973. The summed E-state index contributed by atoms with van der Waals surface area (Å²) in [7, 11) is 0. The van der Waals surface area contributed by atoms with E-state index in [9.17, 15) is 0 Å². The van der Waals surface area contributed by atoms with Crippen LogP contribution in [0.4, 0.5) is 17.1 Å². The third-order valence-electron chi connectivity index (χ3n) is 9.09. The summed E-state index contributed by atoms with van der Waals surface area (Å²) in [5.41, 5.74) is 10.1. The number of anilines is 3. The lowest BCUT2D eigenvalue weighted by Crippen LogP contribution is -2.09. The number of benzene rings is 7. The Morgan fingerprint density at radius 1 is 0.478 bits per heavy atom. The minimum absolute atomic E-state index is 0.700. The third-order valence-corrected chi connectivity index (χ3v) is 9.09. The van der Waals surface area contributed by atoms with Gasteiger partial charge in [-0.25, -0.2) is 0 Å². The van der Waals surface area contributed by atoms with E-state index in [1.807, 2.05) is 6.20 Å². The summed E-state index contributed by atoms with van der Waals surface area (Å²) >= 11 is 0. The molecule has 1 aromatic heterocycles. The highest BCUT2D eigenvalue weighted by molar-refractivity contribution is 5.94. The second-order valence-corrected chi connectivity index (χ2v) is 11.9. The Hall–Kier alpha value is -6.06. The zero-order chi connectivity index (χ0) is 30.5. The standard InChI is InChI=1S/C43H30N2O/c1-3-7-33-25-35(11-9-29(33)5-1)31-13-17-37(18-14-31)45(39-21-22-40-41-23-24-44-28-43(41)46-42(40)27-39)38-19-15-32(16-20-38)36-12-10-30-6-2-4-8-34(30)26-36/h1-27,44H,28H2. The Labute approximate surface area is 267 Å². The molecule has 3 nitrogen and oxygen atoms in total. The Kier molecular flexibility index (Phi) is 6.20. The van der Waals surface area contributed by atoms with Crippen LogP contribution in [0.15, 0.2) is 162 Å². The first-order valence-corrected chi connectivity index (χ1v) is 15.7. The highest BCUT2D eigenvalue weighted by Gasteiger charge is 2.18. The normalized spacial score (nSPS) is 12.3. The first-order chi connectivity index (χ1) is 22.8. The molecule has 0 bridgehead atoms. The van der Waals surface area contributed by atoms with Gasteiger partial charge in [0.15, 0.2) is 0 Å². The molecule has 9 rings (SSSR count). The van der Waals surface area contributed by atoms with Crippen LogP contribution in [-0.2, 0) is 6.54 Å². The van der Waals surface area contributed by atoms with E-state index in [4.69, 9.17) is 4.42 Å². The first-order valence-electron chi connectivity index (χ1n) is 15.7. The summed E-state index contributed by atoms with van der Waals surface area (Å²) in [6.45, 7) is 0.700. The van der Waals surface area contributed by atoms with Crippen LogP contribution in [0, 0.1) is 0 Å². The van der Waals surface area contributed by atoms with Gasteiger partial charge < -0.3 is 14.6 Å². The fourth-order valence-corrected chi connectivity index (χ4v) is 6.69. The van der Waals surface area contributed by atoms with Crippen LogP contribution in [0.2, 0.25) is 0 Å². The molecule has 0 saturated heterocycles. The molecule has 218 valence electrons. The minimum Gasteiger partial charge on any atom is -0.458 e. The van der Waals surface area contributed by atoms with Crippen molar-refractivity contribution in [3.63, 3.8) is 0 Å². The molecule has 0 saturated carbocycles. The summed E-state index contributed by atoms with van der Waals surface area (Å²) in [4.78, 5) is 2.31. The van der Waals surface area contributed by atoms with Crippen molar-refractivity contribution >= 4 is 55.7 Å². The van der Waals surface area contributed by atoms with Crippen LogP contribution in [0.3, 0.4) is 0 Å². The zero-order valence-electron chi connectivity index (χ0n) is 25.2. The molecule has 8 aromatic rings. The Morgan fingerprint density at radius 3 is 1.59 bits per heavy atom. The van der Waals surface area contributed by atoms with E-state index in [2.05, 4.69) is 168 Å².